The van der Waals surface area contributed by atoms with E-state index in [0.717, 1.165) is 27.6 Å². The van der Waals surface area contributed by atoms with Crippen LogP contribution in [0.1, 0.15) is 0 Å². The normalized spacial score (nSPS) is 12.1. The summed E-state index contributed by atoms with van der Waals surface area (Å²) in [4.78, 5) is 3.54. The van der Waals surface area contributed by atoms with Gasteiger partial charge >= 0.3 is 0 Å². The van der Waals surface area contributed by atoms with Crippen LogP contribution in [-0.2, 0) is 0 Å². The first kappa shape index (κ1) is 20.7. The van der Waals surface area contributed by atoms with Gasteiger partial charge in [-0.2, -0.15) is 0 Å². The highest BCUT2D eigenvalue weighted by Gasteiger charge is 2.15. The van der Waals surface area contributed by atoms with E-state index in [1.165, 1.54) is 54.7 Å². The smallest absolute Gasteiger partial charge is 0.135 e. The van der Waals surface area contributed by atoms with Crippen LogP contribution >= 0.6 is 0 Å². The van der Waals surface area contributed by atoms with Crippen molar-refractivity contribution in [1.82, 2.24) is 9.55 Å². The number of para-hydroxylation sites is 3. The zero-order valence-corrected chi connectivity index (χ0v) is 21.0. The molecule has 0 spiro atoms. The molecule has 1 N–H and O–H groups in total. The van der Waals surface area contributed by atoms with Crippen LogP contribution in [0, 0.1) is 0 Å². The second kappa shape index (κ2) is 7.62. The number of hydrogen-bond donors (Lipinski definition) is 1. The number of fused-ring (bicyclic) bond motifs is 9. The summed E-state index contributed by atoms with van der Waals surface area (Å²) in [6.45, 7) is 0. The Hall–Kier alpha value is -5.28. The van der Waals surface area contributed by atoms with Gasteiger partial charge < -0.3 is 14.0 Å². The van der Waals surface area contributed by atoms with E-state index in [-0.39, 0.29) is 0 Å². The number of rotatable bonds is 2. The van der Waals surface area contributed by atoms with Crippen molar-refractivity contribution in [1.29, 1.82) is 0 Å². The molecule has 0 atom stereocenters. The topological polar surface area (TPSA) is 33.9 Å². The molecule has 0 aliphatic carbocycles. The van der Waals surface area contributed by atoms with Crippen LogP contribution in [0.3, 0.4) is 0 Å². The van der Waals surface area contributed by atoms with Crippen LogP contribution in [0.25, 0.3) is 82.4 Å². The Morgan fingerprint density at radius 3 is 2.03 bits per heavy atom. The van der Waals surface area contributed by atoms with Gasteiger partial charge in [-0.25, -0.2) is 0 Å². The first-order chi connectivity index (χ1) is 19.3. The molecule has 0 aliphatic heterocycles. The second-order valence-corrected chi connectivity index (χ2v) is 10.3. The molecule has 39 heavy (non-hydrogen) atoms. The molecular weight excluding hydrogens is 476 g/mol. The van der Waals surface area contributed by atoms with Gasteiger partial charge in [-0.1, -0.05) is 66.7 Å². The highest BCUT2D eigenvalue weighted by atomic mass is 16.3. The molecule has 182 valence electrons. The summed E-state index contributed by atoms with van der Waals surface area (Å²) in [6, 6.07) is 45.6. The molecular formula is C36H22N2O. The average Bonchev–Trinajstić information content (AvgIpc) is 3.65. The number of hydrogen-bond acceptors (Lipinski definition) is 1. The molecule has 3 nitrogen and oxygen atoms in total. The lowest BCUT2D eigenvalue weighted by Crippen LogP contribution is -1.93. The summed E-state index contributed by atoms with van der Waals surface area (Å²) in [6.07, 6.45) is 0. The number of H-pyrrole nitrogens is 1. The molecule has 0 amide bonds. The maximum atomic E-state index is 6.10. The molecule has 3 aromatic heterocycles. The average molecular weight is 499 g/mol. The van der Waals surface area contributed by atoms with Gasteiger partial charge in [0.25, 0.3) is 0 Å². The van der Waals surface area contributed by atoms with Crippen LogP contribution in [0.2, 0.25) is 0 Å². The van der Waals surface area contributed by atoms with Crippen molar-refractivity contribution in [3.8, 4) is 16.8 Å². The number of benzene rings is 6. The van der Waals surface area contributed by atoms with Gasteiger partial charge in [-0.3, -0.25) is 0 Å². The number of aromatic nitrogens is 2. The van der Waals surface area contributed by atoms with Crippen LogP contribution in [0.15, 0.2) is 132 Å². The van der Waals surface area contributed by atoms with Crippen molar-refractivity contribution >= 4 is 65.6 Å². The predicted octanol–water partition coefficient (Wildman–Crippen LogP) is 9.98. The van der Waals surface area contributed by atoms with E-state index in [1.807, 2.05) is 12.1 Å². The van der Waals surface area contributed by atoms with E-state index in [2.05, 4.69) is 125 Å². The minimum atomic E-state index is 0.913. The number of nitrogens with one attached hydrogen (secondary N) is 1. The van der Waals surface area contributed by atoms with Gasteiger partial charge in [-0.15, -0.1) is 0 Å². The summed E-state index contributed by atoms with van der Waals surface area (Å²) in [5.74, 6) is 0. The molecule has 0 bridgehead atoms. The Kier molecular flexibility index (Phi) is 4.05. The first-order valence-corrected chi connectivity index (χ1v) is 13.3. The quantitative estimate of drug-likeness (QED) is 0.253. The van der Waals surface area contributed by atoms with Crippen molar-refractivity contribution < 1.29 is 4.42 Å². The molecule has 0 fully saturated rings. The zero-order chi connectivity index (χ0) is 25.5. The van der Waals surface area contributed by atoms with Crippen LogP contribution in [-0.4, -0.2) is 9.55 Å². The number of furan rings is 1. The van der Waals surface area contributed by atoms with Gasteiger partial charge in [-0.05, 0) is 71.8 Å². The molecule has 3 heterocycles. The lowest BCUT2D eigenvalue weighted by molar-refractivity contribution is 0.669. The Labute approximate surface area is 223 Å². The van der Waals surface area contributed by atoms with E-state index in [1.54, 1.807) is 0 Å². The minimum absolute atomic E-state index is 0.913. The predicted molar refractivity (Wildman–Crippen MR) is 163 cm³/mol. The molecule has 6 aromatic carbocycles. The lowest BCUT2D eigenvalue weighted by Gasteiger charge is -2.09. The summed E-state index contributed by atoms with van der Waals surface area (Å²) in [5.41, 5.74) is 10.1. The molecule has 0 aliphatic rings. The molecule has 0 saturated heterocycles. The van der Waals surface area contributed by atoms with Crippen LogP contribution < -0.4 is 0 Å². The molecule has 9 rings (SSSR count). The summed E-state index contributed by atoms with van der Waals surface area (Å²) < 4.78 is 8.48. The number of aromatic amines is 1. The van der Waals surface area contributed by atoms with Gasteiger partial charge in [0.15, 0.2) is 0 Å². The molecule has 0 saturated carbocycles. The van der Waals surface area contributed by atoms with Crippen LogP contribution in [0.5, 0.6) is 0 Å². The van der Waals surface area contributed by atoms with E-state index < -0.39 is 0 Å². The van der Waals surface area contributed by atoms with Crippen molar-refractivity contribution in [2.45, 2.75) is 0 Å². The second-order valence-electron chi connectivity index (χ2n) is 10.3. The van der Waals surface area contributed by atoms with E-state index in [4.69, 9.17) is 4.42 Å². The lowest BCUT2D eigenvalue weighted by atomic mass is 10.0. The Balaban J connectivity index is 1.28. The summed E-state index contributed by atoms with van der Waals surface area (Å²) >= 11 is 0. The zero-order valence-electron chi connectivity index (χ0n) is 21.0. The van der Waals surface area contributed by atoms with Crippen molar-refractivity contribution in [2.75, 3.05) is 0 Å². The fraction of sp³-hybridized carbons (Fsp3) is 0. The third-order valence-corrected chi connectivity index (χ3v) is 8.13. The highest BCUT2D eigenvalue weighted by molar-refractivity contribution is 6.12. The van der Waals surface area contributed by atoms with E-state index >= 15 is 0 Å². The third-order valence-electron chi connectivity index (χ3n) is 8.13. The van der Waals surface area contributed by atoms with Gasteiger partial charge in [0.2, 0.25) is 0 Å². The molecule has 0 unspecified atom stereocenters. The Bertz CT molecular complexity index is 2400. The highest BCUT2D eigenvalue weighted by Crippen LogP contribution is 2.38. The maximum absolute atomic E-state index is 6.10. The Morgan fingerprint density at radius 1 is 0.436 bits per heavy atom. The van der Waals surface area contributed by atoms with Crippen molar-refractivity contribution in [3.63, 3.8) is 0 Å². The Morgan fingerprint density at radius 2 is 1.10 bits per heavy atom. The van der Waals surface area contributed by atoms with Crippen molar-refractivity contribution in [3.05, 3.63) is 127 Å². The standard InChI is InChI=1S/C36H22N2O/c1-4-10-31-25(7-1)28-19-22(13-16-32(28)37-31)23-14-17-34-29(20-23)26-8-2-5-11-33(26)38(34)24-15-18-36-30(21-24)27-9-3-6-12-35(27)39-36/h1-21,37H. The monoisotopic (exact) mass is 498 g/mol. The summed E-state index contributed by atoms with van der Waals surface area (Å²) in [5, 5.41) is 7.29. The SMILES string of the molecule is c1ccc2c(c1)[nH]c1ccc(-c3ccc4c(c3)c3ccccc3n4-c3ccc4oc5ccccc5c4c3)cc12. The van der Waals surface area contributed by atoms with Gasteiger partial charge in [0, 0.05) is 49.0 Å². The fourth-order valence-electron chi connectivity index (χ4n) is 6.31. The fourth-order valence-corrected chi connectivity index (χ4v) is 6.31. The van der Waals surface area contributed by atoms with Crippen LogP contribution in [0.4, 0.5) is 0 Å². The minimum Gasteiger partial charge on any atom is -0.456 e. The largest absolute Gasteiger partial charge is 0.456 e. The maximum Gasteiger partial charge on any atom is 0.135 e. The molecule has 0 radical (unpaired) electrons. The number of nitrogens with zero attached hydrogens (tertiary/aromatic N) is 1. The van der Waals surface area contributed by atoms with Gasteiger partial charge in [0.1, 0.15) is 11.2 Å². The van der Waals surface area contributed by atoms with Gasteiger partial charge in [0.05, 0.1) is 11.0 Å². The van der Waals surface area contributed by atoms with E-state index in [9.17, 15) is 0 Å². The summed E-state index contributed by atoms with van der Waals surface area (Å²) in [7, 11) is 0. The van der Waals surface area contributed by atoms with E-state index in [0.29, 0.717) is 0 Å². The first-order valence-electron chi connectivity index (χ1n) is 13.3. The molecule has 3 heteroatoms. The third kappa shape index (κ3) is 2.93. The molecule has 9 aromatic rings. The van der Waals surface area contributed by atoms with Crippen molar-refractivity contribution in [2.24, 2.45) is 0 Å².